The van der Waals surface area contributed by atoms with Crippen molar-refractivity contribution in [3.05, 3.63) is 22.6 Å². The summed E-state index contributed by atoms with van der Waals surface area (Å²) in [5.74, 6) is -1.12. The number of ketones is 2. The molecule has 2 saturated heterocycles. The first-order valence-corrected chi connectivity index (χ1v) is 10.6. The fraction of sp³-hybridized carbons (Fsp3) is 0.667. The number of allylic oxidation sites excluding steroid dienone is 2. The van der Waals surface area contributed by atoms with Gasteiger partial charge in [0, 0.05) is 30.8 Å². The van der Waals surface area contributed by atoms with Crippen LogP contribution < -0.4 is 11.1 Å². The standard InChI is InChI=1S/C21H29N3O6/c1-4-5-6-7-8-29-18-11(2)16(25)15-14(17(18)26)12(10-30-20(22)27)21(28-3)19-13(23-19)9-24(15)21/h12-13,19,23H,4-10H2,1-3H3,(H2,22,27)/t12-,13?,19?,21-/m1/s1. The van der Waals surface area contributed by atoms with Gasteiger partial charge < -0.3 is 30.2 Å². The number of Topliss-reactive ketones (excluding diaryl/α,β-unsaturated/α-hetero) is 2. The van der Waals surface area contributed by atoms with Crippen LogP contribution in [0.5, 0.6) is 0 Å². The molecule has 164 valence electrons. The van der Waals surface area contributed by atoms with Crippen molar-refractivity contribution < 1.29 is 28.6 Å². The average Bonchev–Trinajstić information content (AvgIpc) is 3.33. The first-order chi connectivity index (χ1) is 14.4. The molecule has 0 bridgehead atoms. The largest absolute Gasteiger partial charge is 0.489 e. The zero-order chi connectivity index (χ0) is 21.6. The highest BCUT2D eigenvalue weighted by Gasteiger charge is 2.72. The Morgan fingerprint density at radius 2 is 2.03 bits per heavy atom. The van der Waals surface area contributed by atoms with E-state index in [9.17, 15) is 14.4 Å². The number of nitrogens with one attached hydrogen (secondary N) is 1. The van der Waals surface area contributed by atoms with Crippen molar-refractivity contribution in [3.63, 3.8) is 0 Å². The number of carbonyl (C=O) groups excluding carboxylic acids is 3. The Bertz CT molecular complexity index is 850. The molecule has 0 aromatic carbocycles. The number of unbranched alkanes of at least 4 members (excludes halogenated alkanes) is 3. The molecule has 3 aliphatic heterocycles. The minimum Gasteiger partial charge on any atom is -0.489 e. The first-order valence-electron chi connectivity index (χ1n) is 10.6. The van der Waals surface area contributed by atoms with Gasteiger partial charge in [0.1, 0.15) is 6.61 Å². The molecule has 2 fully saturated rings. The summed E-state index contributed by atoms with van der Waals surface area (Å²) in [6, 6.07) is 0.104. The summed E-state index contributed by atoms with van der Waals surface area (Å²) in [6.07, 6.45) is 3.07. The lowest BCUT2D eigenvalue weighted by Crippen LogP contribution is -2.55. The molecule has 3 N–H and O–H groups in total. The topological polar surface area (TPSA) is 130 Å². The lowest BCUT2D eigenvalue weighted by Gasteiger charge is -2.39. The summed E-state index contributed by atoms with van der Waals surface area (Å²) in [7, 11) is 1.55. The van der Waals surface area contributed by atoms with E-state index in [-0.39, 0.29) is 36.0 Å². The van der Waals surface area contributed by atoms with Crippen molar-refractivity contribution in [1.82, 2.24) is 10.2 Å². The molecule has 9 heteroatoms. The van der Waals surface area contributed by atoms with Crippen molar-refractivity contribution in [3.8, 4) is 0 Å². The minimum atomic E-state index is -0.965. The molecule has 0 spiro atoms. The van der Waals surface area contributed by atoms with E-state index in [4.69, 9.17) is 19.9 Å². The van der Waals surface area contributed by atoms with Crippen LogP contribution in [0.3, 0.4) is 0 Å². The summed E-state index contributed by atoms with van der Waals surface area (Å²) in [5, 5.41) is 3.33. The van der Waals surface area contributed by atoms with Gasteiger partial charge in [-0.3, -0.25) is 9.59 Å². The molecule has 2 unspecified atom stereocenters. The summed E-state index contributed by atoms with van der Waals surface area (Å²) in [6.45, 7) is 4.52. The number of hydrogen-bond acceptors (Lipinski definition) is 8. The maximum atomic E-state index is 13.5. The van der Waals surface area contributed by atoms with E-state index in [1.54, 1.807) is 14.0 Å². The van der Waals surface area contributed by atoms with Crippen molar-refractivity contribution in [1.29, 1.82) is 0 Å². The van der Waals surface area contributed by atoms with E-state index in [1.807, 2.05) is 4.90 Å². The maximum Gasteiger partial charge on any atom is 0.404 e. The quantitative estimate of drug-likeness (QED) is 0.321. The third-order valence-electron chi connectivity index (χ3n) is 6.62. The number of methoxy groups -OCH3 is 1. The van der Waals surface area contributed by atoms with Gasteiger partial charge in [0.05, 0.1) is 24.3 Å². The molecule has 0 saturated carbocycles. The summed E-state index contributed by atoms with van der Waals surface area (Å²) in [4.78, 5) is 40.0. The molecular formula is C21H29N3O6. The molecule has 4 atom stereocenters. The van der Waals surface area contributed by atoms with Crippen LogP contribution >= 0.6 is 0 Å². The third-order valence-corrected chi connectivity index (χ3v) is 6.62. The van der Waals surface area contributed by atoms with Gasteiger partial charge in [-0.15, -0.1) is 0 Å². The van der Waals surface area contributed by atoms with Crippen molar-refractivity contribution >= 4 is 17.7 Å². The Morgan fingerprint density at radius 3 is 2.70 bits per heavy atom. The van der Waals surface area contributed by atoms with E-state index >= 15 is 0 Å². The predicted molar refractivity (Wildman–Crippen MR) is 106 cm³/mol. The van der Waals surface area contributed by atoms with Gasteiger partial charge in [-0.2, -0.15) is 0 Å². The second-order valence-electron chi connectivity index (χ2n) is 8.28. The summed E-state index contributed by atoms with van der Waals surface area (Å²) >= 11 is 0. The molecule has 1 amide bonds. The molecule has 9 nitrogen and oxygen atoms in total. The van der Waals surface area contributed by atoms with Crippen LogP contribution in [0.15, 0.2) is 22.6 Å². The Morgan fingerprint density at radius 1 is 1.27 bits per heavy atom. The van der Waals surface area contributed by atoms with Gasteiger partial charge in [0.2, 0.25) is 11.6 Å². The van der Waals surface area contributed by atoms with Gasteiger partial charge in [-0.1, -0.05) is 26.2 Å². The number of amides is 1. The summed E-state index contributed by atoms with van der Waals surface area (Å²) < 4.78 is 16.8. The van der Waals surface area contributed by atoms with Gasteiger partial charge in [-0.25, -0.2) is 4.79 Å². The van der Waals surface area contributed by atoms with Gasteiger partial charge >= 0.3 is 6.09 Å². The zero-order valence-corrected chi connectivity index (χ0v) is 17.7. The van der Waals surface area contributed by atoms with Crippen molar-refractivity contribution in [2.75, 3.05) is 26.9 Å². The Balaban J connectivity index is 1.64. The number of piperazine rings is 1. The van der Waals surface area contributed by atoms with Crippen LogP contribution in [0.2, 0.25) is 0 Å². The van der Waals surface area contributed by atoms with Crippen LogP contribution in [0.4, 0.5) is 4.79 Å². The number of nitrogens with zero attached hydrogens (tertiary/aromatic N) is 1. The highest BCUT2D eigenvalue weighted by Crippen LogP contribution is 2.55. The van der Waals surface area contributed by atoms with E-state index in [0.717, 1.165) is 25.7 Å². The first kappa shape index (κ1) is 20.9. The van der Waals surface area contributed by atoms with E-state index in [0.29, 0.717) is 30.0 Å². The van der Waals surface area contributed by atoms with E-state index < -0.39 is 17.7 Å². The van der Waals surface area contributed by atoms with Crippen LogP contribution in [0, 0.1) is 5.92 Å². The molecular weight excluding hydrogens is 390 g/mol. The Hall–Kier alpha value is -2.39. The second kappa shape index (κ2) is 7.70. The van der Waals surface area contributed by atoms with Crippen molar-refractivity contribution in [2.24, 2.45) is 11.7 Å². The lowest BCUT2D eigenvalue weighted by atomic mass is 9.83. The smallest absolute Gasteiger partial charge is 0.404 e. The Kier molecular flexibility index (Phi) is 5.36. The number of ether oxygens (including phenoxy) is 3. The normalized spacial score (nSPS) is 31.7. The van der Waals surface area contributed by atoms with Crippen molar-refractivity contribution in [2.45, 2.75) is 57.3 Å². The molecule has 4 aliphatic rings. The monoisotopic (exact) mass is 419 g/mol. The highest BCUT2D eigenvalue weighted by atomic mass is 16.6. The molecule has 30 heavy (non-hydrogen) atoms. The van der Waals surface area contributed by atoms with Crippen LogP contribution in [0.25, 0.3) is 0 Å². The lowest BCUT2D eigenvalue weighted by molar-refractivity contribution is -0.137. The van der Waals surface area contributed by atoms with Gasteiger partial charge in [0.25, 0.3) is 0 Å². The van der Waals surface area contributed by atoms with Crippen LogP contribution in [-0.4, -0.2) is 67.2 Å². The predicted octanol–water partition coefficient (Wildman–Crippen LogP) is 0.987. The maximum absolute atomic E-state index is 13.5. The minimum absolute atomic E-state index is 0.0612. The fourth-order valence-corrected chi connectivity index (χ4v) is 5.14. The number of nitrogens with two attached hydrogens (primary N) is 1. The number of rotatable bonds is 9. The second-order valence-corrected chi connectivity index (χ2v) is 8.28. The van der Waals surface area contributed by atoms with E-state index in [1.165, 1.54) is 0 Å². The molecule has 1 aliphatic carbocycles. The molecule has 4 rings (SSSR count). The van der Waals surface area contributed by atoms with Crippen LogP contribution in [0.1, 0.15) is 39.5 Å². The molecule has 0 aromatic heterocycles. The highest BCUT2D eigenvalue weighted by molar-refractivity contribution is 6.25. The van der Waals surface area contributed by atoms with E-state index in [2.05, 4.69) is 12.2 Å². The third kappa shape index (κ3) is 2.94. The number of carbonyl (C=O) groups is 3. The zero-order valence-electron chi connectivity index (χ0n) is 17.7. The number of hydrogen-bond donors (Lipinski definition) is 2. The molecule has 0 aromatic rings. The molecule has 3 heterocycles. The van der Waals surface area contributed by atoms with Crippen LogP contribution in [-0.2, 0) is 23.8 Å². The fourth-order valence-electron chi connectivity index (χ4n) is 5.14. The van der Waals surface area contributed by atoms with Gasteiger partial charge in [-0.05, 0) is 13.3 Å². The SMILES string of the molecule is CCCCCCOC1=C(C)C(=O)C2=C(C1=O)[C@@H](COC(N)=O)[C@@]1(OC)C3NC3CN21. The van der Waals surface area contributed by atoms with Gasteiger partial charge in [0.15, 0.2) is 11.5 Å². The number of primary amides is 1. The molecule has 0 radical (unpaired) electrons. The Labute approximate surface area is 175 Å². The summed E-state index contributed by atoms with van der Waals surface area (Å²) in [5.41, 5.74) is 5.17. The average molecular weight is 419 g/mol. The number of fused-ring (bicyclic) bond motifs is 4.